The SMILES string of the molecule is CCOc1cc(/C=C2\C(=O)NC(=O)N(c3ccc(OC)cc3)C2=O)cc(Br)c1Oc1ccc(C(F)(F)F)cc1[N+](=O)[O-]. The first-order valence-corrected chi connectivity index (χ1v) is 12.7. The van der Waals surface area contributed by atoms with Crippen LogP contribution in [0.5, 0.6) is 23.0 Å². The molecule has 15 heteroatoms. The predicted octanol–water partition coefficient (Wildman–Crippen LogP) is 6.24. The zero-order chi connectivity index (χ0) is 30.8. The van der Waals surface area contributed by atoms with Crippen LogP contribution in [0.4, 0.5) is 29.3 Å². The lowest BCUT2D eigenvalue weighted by atomic mass is 10.1. The summed E-state index contributed by atoms with van der Waals surface area (Å²) in [4.78, 5) is 49.6. The molecule has 1 aliphatic heterocycles. The summed E-state index contributed by atoms with van der Waals surface area (Å²) in [5.74, 6) is -2.01. The Morgan fingerprint density at radius 3 is 2.33 bits per heavy atom. The fourth-order valence-electron chi connectivity index (χ4n) is 3.86. The van der Waals surface area contributed by atoms with Gasteiger partial charge >= 0.3 is 17.9 Å². The average Bonchev–Trinajstić information content (AvgIpc) is 2.92. The number of nitro groups is 1. The molecule has 218 valence electrons. The number of ether oxygens (including phenoxy) is 3. The Bertz CT molecular complexity index is 1620. The van der Waals surface area contributed by atoms with Crippen LogP contribution in [0.2, 0.25) is 0 Å². The van der Waals surface area contributed by atoms with Crippen LogP contribution in [-0.4, -0.2) is 36.5 Å². The minimum absolute atomic E-state index is 0.0142. The second-order valence-corrected chi connectivity index (χ2v) is 9.31. The van der Waals surface area contributed by atoms with Crippen molar-refractivity contribution < 1.29 is 46.7 Å². The Morgan fingerprint density at radius 2 is 1.74 bits per heavy atom. The van der Waals surface area contributed by atoms with Gasteiger partial charge in [0, 0.05) is 6.07 Å². The van der Waals surface area contributed by atoms with E-state index < -0.39 is 51.5 Å². The summed E-state index contributed by atoms with van der Waals surface area (Å²) < 4.78 is 55.8. The van der Waals surface area contributed by atoms with Gasteiger partial charge in [-0.2, -0.15) is 13.2 Å². The van der Waals surface area contributed by atoms with Crippen LogP contribution in [0.3, 0.4) is 0 Å². The van der Waals surface area contributed by atoms with Crippen LogP contribution < -0.4 is 24.4 Å². The van der Waals surface area contributed by atoms with E-state index in [4.69, 9.17) is 14.2 Å². The monoisotopic (exact) mass is 649 g/mol. The highest BCUT2D eigenvalue weighted by molar-refractivity contribution is 9.10. The lowest BCUT2D eigenvalue weighted by Crippen LogP contribution is -2.54. The summed E-state index contributed by atoms with van der Waals surface area (Å²) in [6.45, 7) is 1.71. The summed E-state index contributed by atoms with van der Waals surface area (Å²) in [6, 6.07) is 9.56. The van der Waals surface area contributed by atoms with Crippen LogP contribution in [0.15, 0.2) is 64.6 Å². The maximum atomic E-state index is 13.2. The second-order valence-electron chi connectivity index (χ2n) is 8.46. The van der Waals surface area contributed by atoms with E-state index in [1.54, 1.807) is 6.92 Å². The van der Waals surface area contributed by atoms with E-state index in [0.717, 1.165) is 11.0 Å². The Hall–Kier alpha value is -4.92. The maximum Gasteiger partial charge on any atom is 0.416 e. The summed E-state index contributed by atoms with van der Waals surface area (Å²) in [5.41, 5.74) is -2.16. The topological polar surface area (TPSA) is 137 Å². The van der Waals surface area contributed by atoms with Gasteiger partial charge in [-0.3, -0.25) is 25.0 Å². The molecule has 3 aromatic carbocycles. The third-order valence-electron chi connectivity index (χ3n) is 5.77. The molecule has 1 heterocycles. The summed E-state index contributed by atoms with van der Waals surface area (Å²) >= 11 is 3.25. The zero-order valence-corrected chi connectivity index (χ0v) is 23.2. The number of amides is 4. The van der Waals surface area contributed by atoms with Gasteiger partial charge in [-0.05, 0) is 83.0 Å². The molecule has 0 aromatic heterocycles. The molecule has 0 bridgehead atoms. The number of halogens is 4. The smallest absolute Gasteiger partial charge is 0.416 e. The molecule has 1 aliphatic rings. The first-order valence-electron chi connectivity index (χ1n) is 11.9. The number of anilines is 1. The zero-order valence-electron chi connectivity index (χ0n) is 21.7. The second kappa shape index (κ2) is 11.9. The molecule has 11 nitrogen and oxygen atoms in total. The maximum absolute atomic E-state index is 13.2. The van der Waals surface area contributed by atoms with Crippen molar-refractivity contribution in [3.05, 3.63) is 85.9 Å². The molecule has 3 aromatic rings. The molecule has 4 amide bonds. The third-order valence-corrected chi connectivity index (χ3v) is 6.36. The van der Waals surface area contributed by atoms with Crippen molar-refractivity contribution in [1.82, 2.24) is 5.32 Å². The highest BCUT2D eigenvalue weighted by Gasteiger charge is 2.37. The number of rotatable bonds is 8. The van der Waals surface area contributed by atoms with Gasteiger partial charge in [0.05, 0.1) is 34.4 Å². The van der Waals surface area contributed by atoms with Crippen LogP contribution in [0.25, 0.3) is 6.08 Å². The lowest BCUT2D eigenvalue weighted by molar-refractivity contribution is -0.385. The number of barbiturate groups is 1. The number of alkyl halides is 3. The third kappa shape index (κ3) is 6.20. The van der Waals surface area contributed by atoms with Gasteiger partial charge in [-0.1, -0.05) is 0 Å². The predicted molar refractivity (Wildman–Crippen MR) is 145 cm³/mol. The number of methoxy groups -OCH3 is 1. The van der Waals surface area contributed by atoms with Gasteiger partial charge in [0.15, 0.2) is 11.5 Å². The van der Waals surface area contributed by atoms with Crippen LogP contribution in [0.1, 0.15) is 18.1 Å². The molecule has 0 saturated carbocycles. The molecular formula is C27H19BrF3N3O8. The fraction of sp³-hybridized carbons (Fsp3) is 0.148. The molecule has 1 N–H and O–H groups in total. The van der Waals surface area contributed by atoms with Gasteiger partial charge < -0.3 is 14.2 Å². The Kier molecular flexibility index (Phi) is 8.51. The van der Waals surface area contributed by atoms with E-state index in [1.807, 2.05) is 0 Å². The molecular weight excluding hydrogens is 631 g/mol. The van der Waals surface area contributed by atoms with E-state index in [1.165, 1.54) is 49.6 Å². The fourth-order valence-corrected chi connectivity index (χ4v) is 4.40. The number of carbonyl (C=O) groups is 3. The van der Waals surface area contributed by atoms with Crippen molar-refractivity contribution in [2.75, 3.05) is 18.6 Å². The van der Waals surface area contributed by atoms with Gasteiger partial charge in [0.1, 0.15) is 11.3 Å². The Labute approximate surface area is 243 Å². The van der Waals surface area contributed by atoms with Crippen molar-refractivity contribution in [3.8, 4) is 23.0 Å². The van der Waals surface area contributed by atoms with E-state index in [2.05, 4.69) is 21.2 Å². The van der Waals surface area contributed by atoms with Gasteiger partial charge in [0.2, 0.25) is 5.75 Å². The van der Waals surface area contributed by atoms with Crippen molar-refractivity contribution in [2.24, 2.45) is 0 Å². The number of carbonyl (C=O) groups excluding carboxylic acids is 3. The summed E-state index contributed by atoms with van der Waals surface area (Å²) in [5, 5.41) is 13.6. The first kappa shape index (κ1) is 30.0. The number of hydrogen-bond donors (Lipinski definition) is 1. The number of nitro benzene ring substituents is 1. The molecule has 0 aliphatic carbocycles. The van der Waals surface area contributed by atoms with E-state index in [0.29, 0.717) is 17.9 Å². The standard InChI is InChI=1S/C27H19BrF3N3O8/c1-3-41-22-12-14(10-18-24(35)32-26(37)33(25(18)36)16-5-7-17(40-2)8-6-16)11-19(28)23(22)42-21-9-4-15(27(29,30)31)13-20(21)34(38)39/h4-13H,3H2,1-2H3,(H,32,35,37)/b18-10+. The number of hydrogen-bond acceptors (Lipinski definition) is 8. The Balaban J connectivity index is 1.73. The molecule has 0 unspecified atom stereocenters. The average molecular weight is 650 g/mol. The van der Waals surface area contributed by atoms with Gasteiger partial charge in [-0.15, -0.1) is 0 Å². The molecule has 1 fully saturated rings. The van der Waals surface area contributed by atoms with Gasteiger partial charge in [0.25, 0.3) is 11.8 Å². The summed E-state index contributed by atoms with van der Waals surface area (Å²) in [7, 11) is 1.45. The molecule has 0 spiro atoms. The molecule has 4 rings (SSSR count). The van der Waals surface area contributed by atoms with Crippen molar-refractivity contribution >= 4 is 51.2 Å². The van der Waals surface area contributed by atoms with Crippen LogP contribution in [0, 0.1) is 10.1 Å². The van der Waals surface area contributed by atoms with Crippen molar-refractivity contribution in [3.63, 3.8) is 0 Å². The molecule has 0 atom stereocenters. The van der Waals surface area contributed by atoms with E-state index >= 15 is 0 Å². The number of urea groups is 1. The summed E-state index contributed by atoms with van der Waals surface area (Å²) in [6.07, 6.45) is -3.62. The minimum atomic E-state index is -4.81. The Morgan fingerprint density at radius 1 is 1.05 bits per heavy atom. The highest BCUT2D eigenvalue weighted by atomic mass is 79.9. The first-order chi connectivity index (χ1) is 19.8. The quantitative estimate of drug-likeness (QED) is 0.131. The minimum Gasteiger partial charge on any atom is -0.497 e. The van der Waals surface area contributed by atoms with E-state index in [9.17, 15) is 37.7 Å². The largest absolute Gasteiger partial charge is 0.497 e. The van der Waals surface area contributed by atoms with Gasteiger partial charge in [-0.25, -0.2) is 9.69 Å². The number of benzene rings is 3. The number of nitrogens with one attached hydrogen (secondary N) is 1. The molecule has 1 saturated heterocycles. The lowest BCUT2D eigenvalue weighted by Gasteiger charge is -2.26. The van der Waals surface area contributed by atoms with Crippen LogP contribution >= 0.6 is 15.9 Å². The van der Waals surface area contributed by atoms with Crippen molar-refractivity contribution in [1.29, 1.82) is 0 Å². The van der Waals surface area contributed by atoms with Crippen molar-refractivity contribution in [2.45, 2.75) is 13.1 Å². The normalized spacial score (nSPS) is 14.6. The van der Waals surface area contributed by atoms with Crippen LogP contribution in [-0.2, 0) is 15.8 Å². The number of nitrogens with zero attached hydrogens (tertiary/aromatic N) is 2. The number of imide groups is 2. The highest BCUT2D eigenvalue weighted by Crippen LogP contribution is 2.44. The molecule has 42 heavy (non-hydrogen) atoms. The molecule has 0 radical (unpaired) electrons. The van der Waals surface area contributed by atoms with E-state index in [-0.39, 0.29) is 33.8 Å².